The number of amides is 2. The molecule has 3 aromatic rings. The van der Waals surface area contributed by atoms with Crippen molar-refractivity contribution >= 4 is 38.5 Å². The number of ether oxygens (including phenoxy) is 1. The summed E-state index contributed by atoms with van der Waals surface area (Å²) >= 11 is 1.46. The summed E-state index contributed by atoms with van der Waals surface area (Å²) in [5, 5.41) is 3.59. The summed E-state index contributed by atoms with van der Waals surface area (Å²) in [7, 11) is 1.48. The summed E-state index contributed by atoms with van der Waals surface area (Å²) in [6.07, 6.45) is 0. The largest absolute Gasteiger partial charge is 0.496 e. The van der Waals surface area contributed by atoms with Crippen molar-refractivity contribution in [3.8, 4) is 5.75 Å². The van der Waals surface area contributed by atoms with E-state index >= 15 is 0 Å². The number of benzene rings is 2. The number of nitrogens with zero attached hydrogens (tertiary/aromatic N) is 1. The zero-order valence-electron chi connectivity index (χ0n) is 13.4. The van der Waals surface area contributed by atoms with Crippen LogP contribution in [-0.4, -0.2) is 30.5 Å². The van der Waals surface area contributed by atoms with E-state index in [9.17, 15) is 9.59 Å². The minimum atomic E-state index is -0.453. The number of carbonyl (C=O) groups excluding carboxylic acids is 2. The molecule has 7 nitrogen and oxygen atoms in total. The van der Waals surface area contributed by atoms with Crippen LogP contribution < -0.4 is 20.9 Å². The van der Waals surface area contributed by atoms with Crippen LogP contribution in [0.4, 0.5) is 5.13 Å². The second-order valence-corrected chi connectivity index (χ2v) is 6.07. The molecule has 8 heteroatoms. The van der Waals surface area contributed by atoms with Crippen molar-refractivity contribution in [2.75, 3.05) is 19.0 Å². The van der Waals surface area contributed by atoms with Crippen LogP contribution in [0.3, 0.4) is 0 Å². The van der Waals surface area contributed by atoms with Gasteiger partial charge in [-0.3, -0.25) is 20.4 Å². The molecule has 128 valence electrons. The van der Waals surface area contributed by atoms with Crippen LogP contribution in [0.2, 0.25) is 0 Å². The van der Waals surface area contributed by atoms with Gasteiger partial charge in [0.05, 0.1) is 29.4 Å². The first-order chi connectivity index (χ1) is 12.2. The quantitative estimate of drug-likeness (QED) is 0.610. The lowest BCUT2D eigenvalue weighted by atomic mass is 10.2. The van der Waals surface area contributed by atoms with Gasteiger partial charge in [0.1, 0.15) is 5.75 Å². The van der Waals surface area contributed by atoms with E-state index in [1.54, 1.807) is 24.3 Å². The van der Waals surface area contributed by atoms with Crippen molar-refractivity contribution in [3.63, 3.8) is 0 Å². The Bertz CT molecular complexity index is 877. The number of hydrogen-bond donors (Lipinski definition) is 3. The topological polar surface area (TPSA) is 92.4 Å². The zero-order chi connectivity index (χ0) is 17.6. The second-order valence-electron chi connectivity index (χ2n) is 5.04. The number of rotatable bonds is 5. The number of hydrogen-bond acceptors (Lipinski definition) is 6. The Morgan fingerprint density at radius 2 is 1.84 bits per heavy atom. The van der Waals surface area contributed by atoms with E-state index in [-0.39, 0.29) is 12.5 Å². The molecule has 0 aliphatic rings. The molecule has 0 aliphatic heterocycles. The lowest BCUT2D eigenvalue weighted by Crippen LogP contribution is -2.44. The monoisotopic (exact) mass is 356 g/mol. The highest BCUT2D eigenvalue weighted by Crippen LogP contribution is 2.24. The molecule has 3 rings (SSSR count). The van der Waals surface area contributed by atoms with Crippen LogP contribution in [0.15, 0.2) is 48.5 Å². The fraction of sp³-hybridized carbons (Fsp3) is 0.118. The van der Waals surface area contributed by atoms with Gasteiger partial charge in [0.15, 0.2) is 5.13 Å². The van der Waals surface area contributed by atoms with Gasteiger partial charge in [-0.1, -0.05) is 35.6 Å². The van der Waals surface area contributed by atoms with Crippen LogP contribution in [-0.2, 0) is 4.79 Å². The lowest BCUT2D eigenvalue weighted by Gasteiger charge is -2.10. The molecule has 3 N–H and O–H groups in total. The van der Waals surface area contributed by atoms with Crippen molar-refractivity contribution in [1.29, 1.82) is 0 Å². The number of anilines is 1. The molecule has 0 atom stereocenters. The van der Waals surface area contributed by atoms with Crippen LogP contribution in [0.5, 0.6) is 5.75 Å². The summed E-state index contributed by atoms with van der Waals surface area (Å²) < 4.78 is 6.15. The highest BCUT2D eigenvalue weighted by molar-refractivity contribution is 7.22. The van der Waals surface area contributed by atoms with Crippen molar-refractivity contribution in [2.45, 2.75) is 0 Å². The first kappa shape index (κ1) is 16.7. The lowest BCUT2D eigenvalue weighted by molar-refractivity contribution is -0.120. The van der Waals surface area contributed by atoms with Crippen molar-refractivity contribution in [2.24, 2.45) is 0 Å². The fourth-order valence-corrected chi connectivity index (χ4v) is 3.04. The maximum Gasteiger partial charge on any atom is 0.273 e. The molecular formula is C17H16N4O3S. The molecule has 25 heavy (non-hydrogen) atoms. The third kappa shape index (κ3) is 4.04. The van der Waals surface area contributed by atoms with Gasteiger partial charge in [-0.2, -0.15) is 0 Å². The number of carbonyl (C=O) groups is 2. The van der Waals surface area contributed by atoms with E-state index in [2.05, 4.69) is 21.2 Å². The SMILES string of the molecule is COc1ccccc1C(=O)NNC(=O)CNc1nc2ccccc2s1. The Labute approximate surface area is 148 Å². The Balaban J connectivity index is 1.51. The molecule has 0 bridgehead atoms. The molecule has 0 fully saturated rings. The summed E-state index contributed by atoms with van der Waals surface area (Å²) in [6, 6.07) is 14.5. The Morgan fingerprint density at radius 1 is 1.08 bits per heavy atom. The van der Waals surface area contributed by atoms with E-state index in [4.69, 9.17) is 4.74 Å². The number of nitrogens with one attached hydrogen (secondary N) is 3. The first-order valence-electron chi connectivity index (χ1n) is 7.49. The average molecular weight is 356 g/mol. The average Bonchev–Trinajstić information content (AvgIpc) is 3.07. The Hall–Kier alpha value is -3.13. The molecular weight excluding hydrogens is 340 g/mol. The molecule has 0 unspecified atom stereocenters. The molecule has 1 heterocycles. The molecule has 1 aromatic heterocycles. The van der Waals surface area contributed by atoms with Crippen LogP contribution in [0, 0.1) is 0 Å². The smallest absolute Gasteiger partial charge is 0.273 e. The molecule has 0 spiro atoms. The third-order valence-electron chi connectivity index (χ3n) is 3.36. The molecule has 0 radical (unpaired) electrons. The van der Waals surface area contributed by atoms with Gasteiger partial charge in [-0.15, -0.1) is 0 Å². The zero-order valence-corrected chi connectivity index (χ0v) is 14.2. The minimum Gasteiger partial charge on any atom is -0.496 e. The van der Waals surface area contributed by atoms with Gasteiger partial charge >= 0.3 is 0 Å². The standard InChI is InChI=1S/C17H16N4O3S/c1-24-13-8-4-2-6-11(13)16(23)21-20-15(22)10-18-17-19-12-7-3-5-9-14(12)25-17/h2-9H,10H2,1H3,(H,18,19)(H,20,22)(H,21,23). The van der Waals surface area contributed by atoms with Gasteiger partial charge in [0.25, 0.3) is 11.8 Å². The van der Waals surface area contributed by atoms with Gasteiger partial charge in [-0.25, -0.2) is 4.98 Å². The fourth-order valence-electron chi connectivity index (χ4n) is 2.17. The van der Waals surface area contributed by atoms with Gasteiger partial charge < -0.3 is 10.1 Å². The van der Waals surface area contributed by atoms with Crippen molar-refractivity contribution < 1.29 is 14.3 Å². The number of methoxy groups -OCH3 is 1. The van der Waals surface area contributed by atoms with Gasteiger partial charge in [-0.05, 0) is 24.3 Å². The number of thiazole rings is 1. The van der Waals surface area contributed by atoms with Crippen LogP contribution >= 0.6 is 11.3 Å². The molecule has 0 saturated carbocycles. The van der Waals surface area contributed by atoms with Gasteiger partial charge in [0, 0.05) is 0 Å². The van der Waals surface area contributed by atoms with E-state index in [1.807, 2.05) is 24.3 Å². The minimum absolute atomic E-state index is 0.00791. The first-order valence-corrected chi connectivity index (χ1v) is 8.30. The van der Waals surface area contributed by atoms with Crippen LogP contribution in [0.25, 0.3) is 10.2 Å². The highest BCUT2D eigenvalue weighted by atomic mass is 32.1. The normalized spacial score (nSPS) is 10.3. The molecule has 2 amide bonds. The highest BCUT2D eigenvalue weighted by Gasteiger charge is 2.12. The summed E-state index contributed by atoms with van der Waals surface area (Å²) in [6.45, 7) is -0.00791. The molecule has 0 aliphatic carbocycles. The van der Waals surface area contributed by atoms with Crippen molar-refractivity contribution in [3.05, 3.63) is 54.1 Å². The van der Waals surface area contributed by atoms with E-state index in [0.29, 0.717) is 16.4 Å². The summed E-state index contributed by atoms with van der Waals surface area (Å²) in [5.74, 6) is -0.407. The Morgan fingerprint density at radius 3 is 2.64 bits per heavy atom. The molecule has 2 aromatic carbocycles. The predicted octanol–water partition coefficient (Wildman–Crippen LogP) is 2.18. The summed E-state index contributed by atoms with van der Waals surface area (Å²) in [5.41, 5.74) is 5.93. The van der Waals surface area contributed by atoms with E-state index in [1.165, 1.54) is 18.4 Å². The number of para-hydroxylation sites is 2. The van der Waals surface area contributed by atoms with Crippen LogP contribution in [0.1, 0.15) is 10.4 Å². The number of aromatic nitrogens is 1. The predicted molar refractivity (Wildman–Crippen MR) is 96.7 cm³/mol. The number of hydrazine groups is 1. The van der Waals surface area contributed by atoms with Crippen molar-refractivity contribution in [1.82, 2.24) is 15.8 Å². The van der Waals surface area contributed by atoms with Gasteiger partial charge in [0.2, 0.25) is 0 Å². The molecule has 0 saturated heterocycles. The maximum atomic E-state index is 12.1. The third-order valence-corrected chi connectivity index (χ3v) is 4.36. The Kier molecular flexibility index (Phi) is 5.10. The number of fused-ring (bicyclic) bond motifs is 1. The van der Waals surface area contributed by atoms with E-state index < -0.39 is 5.91 Å². The summed E-state index contributed by atoms with van der Waals surface area (Å²) in [4.78, 5) is 28.3. The maximum absolute atomic E-state index is 12.1. The second kappa shape index (κ2) is 7.63. The van der Waals surface area contributed by atoms with E-state index in [0.717, 1.165) is 10.2 Å².